The van der Waals surface area contributed by atoms with E-state index in [1.54, 1.807) is 0 Å². The van der Waals surface area contributed by atoms with Gasteiger partial charge in [-0.2, -0.15) is 4.31 Å². The van der Waals surface area contributed by atoms with Crippen LogP contribution in [0.3, 0.4) is 0 Å². The second-order valence-electron chi connectivity index (χ2n) is 5.80. The first-order valence-electron chi connectivity index (χ1n) is 7.57. The Morgan fingerprint density at radius 2 is 2.00 bits per heavy atom. The quantitative estimate of drug-likeness (QED) is 0.897. The topological polar surface area (TPSA) is 66.5 Å². The van der Waals surface area contributed by atoms with Crippen LogP contribution in [0, 0.1) is 5.92 Å². The van der Waals surface area contributed by atoms with Gasteiger partial charge in [-0.15, -0.1) is 0 Å². The summed E-state index contributed by atoms with van der Waals surface area (Å²) in [5.74, 6) is -0.361. The van der Waals surface area contributed by atoms with Gasteiger partial charge >= 0.3 is 0 Å². The molecule has 0 unspecified atom stereocenters. The van der Waals surface area contributed by atoms with Gasteiger partial charge in [0.15, 0.2) is 0 Å². The predicted molar refractivity (Wildman–Crippen MR) is 84.2 cm³/mol. The van der Waals surface area contributed by atoms with E-state index in [1.807, 2.05) is 43.3 Å². The molecule has 1 aromatic rings. The van der Waals surface area contributed by atoms with Crippen LogP contribution < -0.4 is 5.32 Å². The smallest absolute Gasteiger partial charge is 0.229 e. The number of nitrogens with one attached hydrogen (secondary N) is 1. The van der Waals surface area contributed by atoms with Gasteiger partial charge < -0.3 is 5.32 Å². The number of benzene rings is 1. The largest absolute Gasteiger partial charge is 0.328 e. The van der Waals surface area contributed by atoms with Gasteiger partial charge in [0.1, 0.15) is 0 Å². The number of amides is 1. The third-order valence-electron chi connectivity index (χ3n) is 4.25. The van der Waals surface area contributed by atoms with Gasteiger partial charge in [0.05, 0.1) is 17.7 Å². The van der Waals surface area contributed by atoms with Crippen molar-refractivity contribution in [2.24, 2.45) is 5.92 Å². The number of hydrogen-bond donors (Lipinski definition) is 1. The maximum Gasteiger partial charge on any atom is 0.229 e. The lowest BCUT2D eigenvalue weighted by Gasteiger charge is -2.26. The second-order valence-corrected chi connectivity index (χ2v) is 7.72. The first-order valence-corrected chi connectivity index (χ1v) is 9.18. The average molecular weight is 320 g/mol. The molecule has 1 saturated heterocycles. The summed E-state index contributed by atoms with van der Waals surface area (Å²) < 4.78 is 27.0. The Balaban J connectivity index is 1.84. The van der Waals surface area contributed by atoms with Crippen molar-refractivity contribution >= 4 is 15.9 Å². The van der Waals surface area contributed by atoms with Gasteiger partial charge in [-0.3, -0.25) is 4.79 Å². The highest BCUT2D eigenvalue weighted by Gasteiger charge is 2.47. The molecule has 22 heavy (non-hydrogen) atoms. The standard InChI is InChI=1S/C16H20N2O3S/c1-2-6-13-15-14(17-16(13)19)9-10-18(15)22(20,21)11-12-7-4-3-5-8-12/h3-5,7-9,13,15H,2,6,10-11H2,1H3,(H,17,19)/t13-,15-/m1/s1. The molecule has 1 amide bonds. The van der Waals surface area contributed by atoms with Crippen molar-refractivity contribution < 1.29 is 13.2 Å². The van der Waals surface area contributed by atoms with Crippen molar-refractivity contribution in [3.63, 3.8) is 0 Å². The number of carbonyl (C=O) groups is 1. The summed E-state index contributed by atoms with van der Waals surface area (Å²) in [5, 5.41) is 2.83. The van der Waals surface area contributed by atoms with E-state index in [0.29, 0.717) is 13.0 Å². The molecular weight excluding hydrogens is 300 g/mol. The molecule has 2 aliphatic rings. The first kappa shape index (κ1) is 15.2. The molecule has 2 atom stereocenters. The molecule has 0 radical (unpaired) electrons. The Morgan fingerprint density at radius 1 is 1.27 bits per heavy atom. The molecule has 0 bridgehead atoms. The fraction of sp³-hybridized carbons (Fsp3) is 0.438. The Morgan fingerprint density at radius 3 is 2.68 bits per heavy atom. The Hall–Kier alpha value is -1.66. The van der Waals surface area contributed by atoms with Gasteiger partial charge in [0.2, 0.25) is 15.9 Å². The summed E-state index contributed by atoms with van der Waals surface area (Å²) >= 11 is 0. The van der Waals surface area contributed by atoms with Gasteiger partial charge in [0, 0.05) is 12.2 Å². The van der Waals surface area contributed by atoms with E-state index in [4.69, 9.17) is 0 Å². The lowest BCUT2D eigenvalue weighted by molar-refractivity contribution is -0.123. The highest BCUT2D eigenvalue weighted by Crippen LogP contribution is 2.34. The number of sulfonamides is 1. The molecule has 0 aliphatic carbocycles. The number of carbonyl (C=O) groups excluding carboxylic acids is 1. The predicted octanol–water partition coefficient (Wildman–Crippen LogP) is 1.63. The lowest BCUT2D eigenvalue weighted by atomic mass is 9.97. The van der Waals surface area contributed by atoms with E-state index in [-0.39, 0.29) is 23.6 Å². The van der Waals surface area contributed by atoms with Crippen LogP contribution in [-0.2, 0) is 20.6 Å². The summed E-state index contributed by atoms with van der Waals surface area (Å²) in [6.07, 6.45) is 3.38. The summed E-state index contributed by atoms with van der Waals surface area (Å²) in [4.78, 5) is 12.0. The minimum absolute atomic E-state index is 0.0293. The normalized spacial score (nSPS) is 25.0. The molecule has 1 fully saturated rings. The molecule has 1 N–H and O–H groups in total. The van der Waals surface area contributed by atoms with Crippen molar-refractivity contribution in [3.8, 4) is 0 Å². The fourth-order valence-corrected chi connectivity index (χ4v) is 4.94. The summed E-state index contributed by atoms with van der Waals surface area (Å²) in [6.45, 7) is 2.35. The molecule has 5 nitrogen and oxygen atoms in total. The van der Waals surface area contributed by atoms with Crippen LogP contribution in [0.15, 0.2) is 42.1 Å². The van der Waals surface area contributed by atoms with Crippen LogP contribution in [0.2, 0.25) is 0 Å². The molecule has 0 saturated carbocycles. The molecule has 1 aromatic carbocycles. The fourth-order valence-electron chi connectivity index (χ4n) is 3.25. The third kappa shape index (κ3) is 2.68. The van der Waals surface area contributed by atoms with Crippen LogP contribution in [0.4, 0.5) is 0 Å². The molecule has 2 aliphatic heterocycles. The highest BCUT2D eigenvalue weighted by molar-refractivity contribution is 7.88. The molecule has 0 spiro atoms. The molecule has 118 valence electrons. The van der Waals surface area contributed by atoms with E-state index < -0.39 is 10.0 Å². The first-order chi connectivity index (χ1) is 10.5. The maximum absolute atomic E-state index is 12.8. The number of fused-ring (bicyclic) bond motifs is 1. The molecule has 2 heterocycles. The summed E-state index contributed by atoms with van der Waals surface area (Å²) in [6, 6.07) is 8.80. The van der Waals surface area contributed by atoms with Crippen molar-refractivity contribution in [2.45, 2.75) is 31.6 Å². The zero-order valence-electron chi connectivity index (χ0n) is 12.5. The minimum atomic E-state index is -3.45. The van der Waals surface area contributed by atoms with E-state index in [2.05, 4.69) is 5.32 Å². The van der Waals surface area contributed by atoms with Crippen LogP contribution in [0.5, 0.6) is 0 Å². The second kappa shape index (κ2) is 5.85. The van der Waals surface area contributed by atoms with E-state index >= 15 is 0 Å². The average Bonchev–Trinajstić information content (AvgIpc) is 3.01. The van der Waals surface area contributed by atoms with Gasteiger partial charge in [-0.25, -0.2) is 8.42 Å². The van der Waals surface area contributed by atoms with E-state index in [1.165, 1.54) is 4.31 Å². The van der Waals surface area contributed by atoms with E-state index in [0.717, 1.165) is 17.7 Å². The van der Waals surface area contributed by atoms with Crippen LogP contribution in [-0.4, -0.2) is 31.2 Å². The maximum atomic E-state index is 12.8. The zero-order chi connectivity index (χ0) is 15.7. The summed E-state index contributed by atoms with van der Waals surface area (Å²) in [5.41, 5.74) is 1.51. The molecule has 0 aromatic heterocycles. The van der Waals surface area contributed by atoms with Gasteiger partial charge in [-0.05, 0) is 18.1 Å². The van der Waals surface area contributed by atoms with Crippen LogP contribution in [0.25, 0.3) is 0 Å². The SMILES string of the molecule is CCC[C@H]1C(=O)NC2=CCN(S(=O)(=O)Cc3ccccc3)[C@@H]21. The summed E-state index contributed by atoms with van der Waals surface area (Å²) in [7, 11) is -3.45. The van der Waals surface area contributed by atoms with Crippen LogP contribution in [0.1, 0.15) is 25.3 Å². The van der Waals surface area contributed by atoms with Crippen molar-refractivity contribution in [2.75, 3.05) is 6.54 Å². The zero-order valence-corrected chi connectivity index (χ0v) is 13.3. The Bertz CT molecular complexity index is 697. The monoisotopic (exact) mass is 320 g/mol. The highest BCUT2D eigenvalue weighted by atomic mass is 32.2. The number of rotatable bonds is 5. The van der Waals surface area contributed by atoms with Crippen molar-refractivity contribution in [1.82, 2.24) is 9.62 Å². The lowest BCUT2D eigenvalue weighted by Crippen LogP contribution is -2.41. The molecule has 6 heteroatoms. The Kier molecular flexibility index (Phi) is 4.06. The van der Waals surface area contributed by atoms with E-state index in [9.17, 15) is 13.2 Å². The number of nitrogens with zero attached hydrogens (tertiary/aromatic N) is 1. The third-order valence-corrected chi connectivity index (χ3v) is 6.04. The molecular formula is C16H20N2O3S. The van der Waals surface area contributed by atoms with Crippen LogP contribution >= 0.6 is 0 Å². The molecule has 3 rings (SSSR count). The van der Waals surface area contributed by atoms with Crippen molar-refractivity contribution in [3.05, 3.63) is 47.7 Å². The van der Waals surface area contributed by atoms with Crippen molar-refractivity contribution in [1.29, 1.82) is 0 Å². The Labute approximate surface area is 131 Å². The number of hydrogen-bond acceptors (Lipinski definition) is 3. The van der Waals surface area contributed by atoms with Gasteiger partial charge in [-0.1, -0.05) is 43.7 Å². The van der Waals surface area contributed by atoms with Gasteiger partial charge in [0.25, 0.3) is 0 Å². The minimum Gasteiger partial charge on any atom is -0.328 e.